The summed E-state index contributed by atoms with van der Waals surface area (Å²) in [5, 5.41) is 3.60. The first-order valence-electron chi connectivity index (χ1n) is 7.82. The van der Waals surface area contributed by atoms with E-state index in [1.807, 2.05) is 6.07 Å². The molecule has 0 saturated carbocycles. The number of nitrogens with one attached hydrogen (secondary N) is 1. The minimum Gasteiger partial charge on any atom is -0.493 e. The predicted octanol–water partition coefficient (Wildman–Crippen LogP) is 5.30. The van der Waals surface area contributed by atoms with Gasteiger partial charge in [-0.3, -0.25) is 0 Å². The maximum absolute atomic E-state index is 5.81. The van der Waals surface area contributed by atoms with Gasteiger partial charge in [0.2, 0.25) is 0 Å². The van der Waals surface area contributed by atoms with Crippen molar-refractivity contribution in [1.29, 1.82) is 0 Å². The van der Waals surface area contributed by atoms with Gasteiger partial charge in [0, 0.05) is 22.6 Å². The molecule has 1 N–H and O–H groups in total. The van der Waals surface area contributed by atoms with Crippen molar-refractivity contribution in [2.24, 2.45) is 0 Å². The number of halogens is 1. The van der Waals surface area contributed by atoms with Gasteiger partial charge in [0.15, 0.2) is 0 Å². The molecule has 0 aliphatic rings. The molecule has 1 atom stereocenters. The van der Waals surface area contributed by atoms with Gasteiger partial charge in [-0.25, -0.2) is 0 Å². The van der Waals surface area contributed by atoms with Crippen molar-refractivity contribution in [2.75, 3.05) is 6.61 Å². The Labute approximate surface area is 132 Å². The first-order chi connectivity index (χ1) is 9.67. The zero-order chi connectivity index (χ0) is 14.8. The van der Waals surface area contributed by atoms with Gasteiger partial charge in [-0.05, 0) is 38.0 Å². The standard InChI is InChI=1S/C17H28BrNO/c1-4-6-7-8-14(3)19-13-15-12-16(18)9-10-17(15)20-11-5-2/h9-10,12,14,19H,4-8,11,13H2,1-3H3. The second kappa shape index (κ2) is 10.2. The third-order valence-corrected chi connectivity index (χ3v) is 3.86. The molecule has 2 nitrogen and oxygen atoms in total. The molecule has 0 aliphatic heterocycles. The molecule has 114 valence electrons. The van der Waals surface area contributed by atoms with Gasteiger partial charge in [-0.15, -0.1) is 0 Å². The fourth-order valence-corrected chi connectivity index (χ4v) is 2.53. The minimum absolute atomic E-state index is 0.555. The van der Waals surface area contributed by atoms with E-state index in [1.165, 1.54) is 31.2 Å². The van der Waals surface area contributed by atoms with Crippen molar-refractivity contribution in [3.05, 3.63) is 28.2 Å². The van der Waals surface area contributed by atoms with Crippen molar-refractivity contribution in [3.8, 4) is 5.75 Å². The molecule has 0 saturated heterocycles. The van der Waals surface area contributed by atoms with Gasteiger partial charge in [0.25, 0.3) is 0 Å². The number of benzene rings is 1. The second-order valence-electron chi connectivity index (χ2n) is 5.38. The third kappa shape index (κ3) is 6.76. The van der Waals surface area contributed by atoms with Crippen LogP contribution in [0.3, 0.4) is 0 Å². The van der Waals surface area contributed by atoms with Crippen molar-refractivity contribution < 1.29 is 4.74 Å². The Kier molecular flexibility index (Phi) is 8.95. The second-order valence-corrected chi connectivity index (χ2v) is 6.29. The van der Waals surface area contributed by atoms with E-state index >= 15 is 0 Å². The SMILES string of the molecule is CCCCCC(C)NCc1cc(Br)ccc1OCCC. The van der Waals surface area contributed by atoms with Crippen LogP contribution in [0.25, 0.3) is 0 Å². The Morgan fingerprint density at radius 2 is 2.00 bits per heavy atom. The van der Waals surface area contributed by atoms with Crippen LogP contribution in [-0.2, 0) is 6.54 Å². The summed E-state index contributed by atoms with van der Waals surface area (Å²) in [6.07, 6.45) is 6.20. The van der Waals surface area contributed by atoms with Crippen molar-refractivity contribution in [2.45, 2.75) is 65.5 Å². The van der Waals surface area contributed by atoms with Gasteiger partial charge >= 0.3 is 0 Å². The van der Waals surface area contributed by atoms with E-state index in [-0.39, 0.29) is 0 Å². The molecule has 0 bridgehead atoms. The number of hydrogen-bond donors (Lipinski definition) is 1. The van der Waals surface area contributed by atoms with Crippen molar-refractivity contribution in [3.63, 3.8) is 0 Å². The van der Waals surface area contributed by atoms with E-state index in [0.29, 0.717) is 6.04 Å². The molecule has 1 rings (SSSR count). The molecule has 1 aromatic carbocycles. The van der Waals surface area contributed by atoms with Crippen LogP contribution in [0.2, 0.25) is 0 Å². The topological polar surface area (TPSA) is 21.3 Å². The molecule has 3 heteroatoms. The summed E-state index contributed by atoms with van der Waals surface area (Å²) >= 11 is 3.54. The van der Waals surface area contributed by atoms with Crippen LogP contribution in [0.1, 0.15) is 58.4 Å². The lowest BCUT2D eigenvalue weighted by atomic mass is 10.1. The molecular formula is C17H28BrNO. The highest BCUT2D eigenvalue weighted by molar-refractivity contribution is 9.10. The monoisotopic (exact) mass is 341 g/mol. The van der Waals surface area contributed by atoms with Gasteiger partial charge in [-0.1, -0.05) is 49.0 Å². The minimum atomic E-state index is 0.555. The van der Waals surface area contributed by atoms with E-state index in [0.717, 1.165) is 29.8 Å². The Balaban J connectivity index is 2.50. The quantitative estimate of drug-likeness (QED) is 0.583. The molecule has 0 aliphatic carbocycles. The highest BCUT2D eigenvalue weighted by Crippen LogP contribution is 2.23. The Morgan fingerprint density at radius 1 is 1.20 bits per heavy atom. The van der Waals surface area contributed by atoms with Crippen LogP contribution >= 0.6 is 15.9 Å². The maximum atomic E-state index is 5.81. The summed E-state index contributed by atoms with van der Waals surface area (Å²) in [6.45, 7) is 8.29. The van der Waals surface area contributed by atoms with E-state index < -0.39 is 0 Å². The molecule has 1 aromatic rings. The van der Waals surface area contributed by atoms with Crippen molar-refractivity contribution in [1.82, 2.24) is 5.32 Å². The summed E-state index contributed by atoms with van der Waals surface area (Å²) in [4.78, 5) is 0. The van der Waals surface area contributed by atoms with Crippen LogP contribution in [0.5, 0.6) is 5.75 Å². The Bertz CT molecular complexity index is 381. The number of ether oxygens (including phenoxy) is 1. The summed E-state index contributed by atoms with van der Waals surface area (Å²) in [5.74, 6) is 1.00. The lowest BCUT2D eigenvalue weighted by Crippen LogP contribution is -2.25. The van der Waals surface area contributed by atoms with Crippen LogP contribution in [0.15, 0.2) is 22.7 Å². The lowest BCUT2D eigenvalue weighted by molar-refractivity contribution is 0.312. The Hall–Kier alpha value is -0.540. The fourth-order valence-electron chi connectivity index (χ4n) is 2.13. The first kappa shape index (κ1) is 17.5. The van der Waals surface area contributed by atoms with Gasteiger partial charge in [0.1, 0.15) is 5.75 Å². The normalized spacial score (nSPS) is 12.4. The number of unbranched alkanes of at least 4 members (excludes halogenated alkanes) is 2. The summed E-state index contributed by atoms with van der Waals surface area (Å²) in [6, 6.07) is 6.80. The molecule has 0 fully saturated rings. The van der Waals surface area contributed by atoms with Crippen LogP contribution in [0, 0.1) is 0 Å². The van der Waals surface area contributed by atoms with Gasteiger partial charge in [-0.2, -0.15) is 0 Å². The predicted molar refractivity (Wildman–Crippen MR) is 90.4 cm³/mol. The summed E-state index contributed by atoms with van der Waals surface area (Å²) in [7, 11) is 0. The molecule has 0 radical (unpaired) electrons. The molecule has 0 spiro atoms. The van der Waals surface area contributed by atoms with Crippen molar-refractivity contribution >= 4 is 15.9 Å². The van der Waals surface area contributed by atoms with Gasteiger partial charge < -0.3 is 10.1 Å². The van der Waals surface area contributed by atoms with Crippen LogP contribution < -0.4 is 10.1 Å². The van der Waals surface area contributed by atoms with Crippen LogP contribution in [0.4, 0.5) is 0 Å². The van der Waals surface area contributed by atoms with Crippen LogP contribution in [-0.4, -0.2) is 12.6 Å². The zero-order valence-electron chi connectivity index (χ0n) is 13.0. The lowest BCUT2D eigenvalue weighted by Gasteiger charge is -2.16. The largest absolute Gasteiger partial charge is 0.493 e. The molecule has 20 heavy (non-hydrogen) atoms. The third-order valence-electron chi connectivity index (χ3n) is 3.37. The molecule has 1 unspecified atom stereocenters. The van der Waals surface area contributed by atoms with Gasteiger partial charge in [0.05, 0.1) is 6.61 Å². The molecule has 0 amide bonds. The summed E-state index contributed by atoms with van der Waals surface area (Å²) in [5.41, 5.74) is 1.23. The molecular weight excluding hydrogens is 314 g/mol. The maximum Gasteiger partial charge on any atom is 0.123 e. The zero-order valence-corrected chi connectivity index (χ0v) is 14.6. The average Bonchev–Trinajstić information content (AvgIpc) is 2.44. The Morgan fingerprint density at radius 3 is 2.70 bits per heavy atom. The van der Waals surface area contributed by atoms with E-state index in [2.05, 4.69) is 54.2 Å². The molecule has 0 aromatic heterocycles. The van der Waals surface area contributed by atoms with E-state index in [9.17, 15) is 0 Å². The average molecular weight is 342 g/mol. The smallest absolute Gasteiger partial charge is 0.123 e. The van der Waals surface area contributed by atoms with E-state index in [4.69, 9.17) is 4.74 Å². The highest BCUT2D eigenvalue weighted by Gasteiger charge is 2.07. The highest BCUT2D eigenvalue weighted by atomic mass is 79.9. The number of hydrogen-bond acceptors (Lipinski definition) is 2. The summed E-state index contributed by atoms with van der Waals surface area (Å²) < 4.78 is 6.92. The molecule has 0 heterocycles. The number of rotatable bonds is 10. The first-order valence-corrected chi connectivity index (χ1v) is 8.61. The van der Waals surface area contributed by atoms with E-state index in [1.54, 1.807) is 0 Å². The fraction of sp³-hybridized carbons (Fsp3) is 0.647.